The van der Waals surface area contributed by atoms with Crippen LogP contribution in [0, 0.1) is 5.92 Å². The summed E-state index contributed by atoms with van der Waals surface area (Å²) in [6.45, 7) is 0. The van der Waals surface area contributed by atoms with Gasteiger partial charge in [-0.1, -0.05) is 6.42 Å². The first-order valence-corrected chi connectivity index (χ1v) is 8.73. The van der Waals surface area contributed by atoms with E-state index in [-0.39, 0.29) is 11.8 Å². The normalized spacial score (nSPS) is 31.3. The summed E-state index contributed by atoms with van der Waals surface area (Å²) < 4.78 is 0. The predicted molar refractivity (Wildman–Crippen MR) is 76.0 cm³/mol. The van der Waals surface area contributed by atoms with E-state index in [9.17, 15) is 4.79 Å². The number of hydrogen-bond donors (Lipinski definition) is 1. The number of nitrogens with one attached hydrogen (secondary N) is 1. The molecule has 0 bridgehead atoms. The summed E-state index contributed by atoms with van der Waals surface area (Å²) in [7, 11) is 0. The van der Waals surface area contributed by atoms with Crippen LogP contribution in [0.4, 0.5) is 0 Å². The van der Waals surface area contributed by atoms with E-state index < -0.39 is 11.6 Å². The average Bonchev–Trinajstić information content (AvgIpc) is 3.36. The van der Waals surface area contributed by atoms with E-state index in [0.29, 0.717) is 18.9 Å². The van der Waals surface area contributed by atoms with Gasteiger partial charge in [-0.2, -0.15) is 19.6 Å². The lowest BCUT2D eigenvalue weighted by Gasteiger charge is -2.46. The van der Waals surface area contributed by atoms with Gasteiger partial charge in [-0.3, -0.25) is 4.79 Å². The summed E-state index contributed by atoms with van der Waals surface area (Å²) in [4.78, 5) is 34.6. The minimum atomic E-state index is -0.820. The van der Waals surface area contributed by atoms with Gasteiger partial charge in [-0.05, 0) is 38.5 Å². The maximum absolute atomic E-state index is 12.1. The third kappa shape index (κ3) is 3.02. The second-order valence-corrected chi connectivity index (χ2v) is 7.27. The first kappa shape index (κ1) is 14.9. The van der Waals surface area contributed by atoms with E-state index >= 15 is 0 Å². The second kappa shape index (κ2) is 5.74. The van der Waals surface area contributed by atoms with Gasteiger partial charge in [-0.15, -0.1) is 0 Å². The topological polar surface area (TPSA) is 66.0 Å². The van der Waals surface area contributed by atoms with Crippen molar-refractivity contribution < 1.29 is 24.3 Å². The Morgan fingerprint density at radius 2 is 1.32 bits per heavy atom. The Hall–Kier alpha value is -0.690. The molecule has 0 aromatic rings. The van der Waals surface area contributed by atoms with Crippen molar-refractivity contribution in [2.24, 2.45) is 5.92 Å². The zero-order valence-electron chi connectivity index (χ0n) is 13.0. The largest absolute Gasteiger partial charge is 0.353 e. The van der Waals surface area contributed by atoms with Crippen LogP contribution in [0.5, 0.6) is 0 Å². The lowest BCUT2D eigenvalue weighted by molar-refractivity contribution is -0.662. The molecule has 0 radical (unpaired) electrons. The van der Waals surface area contributed by atoms with E-state index in [4.69, 9.17) is 19.6 Å². The van der Waals surface area contributed by atoms with Crippen LogP contribution in [0.3, 0.4) is 0 Å². The molecule has 1 amide bonds. The molecular formula is C16H25NO5. The second-order valence-electron chi connectivity index (χ2n) is 7.27. The number of amides is 1. The van der Waals surface area contributed by atoms with Crippen LogP contribution in [-0.4, -0.2) is 23.5 Å². The van der Waals surface area contributed by atoms with Crippen LogP contribution in [0.25, 0.3) is 0 Å². The van der Waals surface area contributed by atoms with Gasteiger partial charge in [0.1, 0.15) is 0 Å². The van der Waals surface area contributed by atoms with Gasteiger partial charge >= 0.3 is 0 Å². The fraction of sp³-hybridized carbons (Fsp3) is 0.938. The SMILES string of the molecule is O=C(NC1CC1)C1CCC2(CC1)OOC1(CCCCC1)OO2. The molecular weight excluding hydrogens is 286 g/mol. The molecule has 3 saturated carbocycles. The van der Waals surface area contributed by atoms with Gasteiger partial charge in [0.15, 0.2) is 0 Å². The van der Waals surface area contributed by atoms with E-state index in [1.54, 1.807) is 0 Å². The minimum Gasteiger partial charge on any atom is -0.353 e. The first-order valence-electron chi connectivity index (χ1n) is 8.73. The highest BCUT2D eigenvalue weighted by Gasteiger charge is 2.51. The van der Waals surface area contributed by atoms with Crippen LogP contribution in [0.2, 0.25) is 0 Å². The molecule has 2 spiro atoms. The Morgan fingerprint density at radius 3 is 1.86 bits per heavy atom. The number of carbonyl (C=O) groups excluding carboxylic acids is 1. The Labute approximate surface area is 130 Å². The molecule has 0 atom stereocenters. The molecule has 6 nitrogen and oxygen atoms in total. The molecule has 1 N–H and O–H groups in total. The smallest absolute Gasteiger partial charge is 0.234 e. The average molecular weight is 311 g/mol. The van der Waals surface area contributed by atoms with Crippen LogP contribution < -0.4 is 5.32 Å². The highest BCUT2D eigenvalue weighted by molar-refractivity contribution is 5.79. The summed E-state index contributed by atoms with van der Waals surface area (Å²) in [6, 6.07) is 0.420. The molecule has 1 saturated heterocycles. The standard InChI is InChI=1S/C16H25NO5/c18-14(17-13-4-5-13)12-6-10-16(11-7-12)21-19-15(20-22-16)8-2-1-3-9-15/h12-13H,1-11H2,(H,17,18). The van der Waals surface area contributed by atoms with Gasteiger partial charge in [0, 0.05) is 37.6 Å². The summed E-state index contributed by atoms with van der Waals surface area (Å²) in [5.74, 6) is -1.29. The maximum atomic E-state index is 12.1. The minimum absolute atomic E-state index is 0.0593. The van der Waals surface area contributed by atoms with Crippen molar-refractivity contribution in [3.05, 3.63) is 0 Å². The van der Waals surface area contributed by atoms with Crippen molar-refractivity contribution in [2.45, 2.75) is 88.2 Å². The molecule has 4 fully saturated rings. The summed E-state index contributed by atoms with van der Waals surface area (Å²) in [5, 5.41) is 3.08. The molecule has 22 heavy (non-hydrogen) atoms. The zero-order valence-corrected chi connectivity index (χ0v) is 13.0. The lowest BCUT2D eigenvalue weighted by Crippen LogP contribution is -2.53. The van der Waals surface area contributed by atoms with E-state index in [0.717, 1.165) is 51.4 Å². The van der Waals surface area contributed by atoms with Crippen molar-refractivity contribution >= 4 is 5.91 Å². The maximum Gasteiger partial charge on any atom is 0.234 e. The van der Waals surface area contributed by atoms with Gasteiger partial charge in [-0.25, -0.2) is 0 Å². The van der Waals surface area contributed by atoms with E-state index in [1.807, 2.05) is 0 Å². The third-order valence-corrected chi connectivity index (χ3v) is 5.35. The highest BCUT2D eigenvalue weighted by Crippen LogP contribution is 2.45. The quantitative estimate of drug-likeness (QED) is 0.794. The van der Waals surface area contributed by atoms with Gasteiger partial charge < -0.3 is 5.32 Å². The van der Waals surface area contributed by atoms with E-state index in [1.165, 1.54) is 6.42 Å². The van der Waals surface area contributed by atoms with Gasteiger partial charge in [0.2, 0.25) is 17.5 Å². The van der Waals surface area contributed by atoms with Crippen molar-refractivity contribution in [1.82, 2.24) is 5.32 Å². The molecule has 6 heteroatoms. The van der Waals surface area contributed by atoms with Crippen LogP contribution in [0.15, 0.2) is 0 Å². The number of carbonyl (C=O) groups is 1. The highest BCUT2D eigenvalue weighted by atomic mass is 17.4. The molecule has 4 aliphatic rings. The van der Waals surface area contributed by atoms with Crippen LogP contribution in [0.1, 0.15) is 70.6 Å². The monoisotopic (exact) mass is 311 g/mol. The Kier molecular flexibility index (Phi) is 3.88. The molecule has 0 aromatic heterocycles. The summed E-state index contributed by atoms with van der Waals surface area (Å²) in [6.07, 6.45) is 9.99. The number of hydrogen-bond acceptors (Lipinski definition) is 5. The van der Waals surface area contributed by atoms with Crippen LogP contribution >= 0.6 is 0 Å². The van der Waals surface area contributed by atoms with E-state index in [2.05, 4.69) is 5.32 Å². The first-order chi connectivity index (χ1) is 10.7. The van der Waals surface area contributed by atoms with Crippen molar-refractivity contribution in [3.8, 4) is 0 Å². The Balaban J connectivity index is 1.28. The van der Waals surface area contributed by atoms with Gasteiger partial charge in [0.05, 0.1) is 0 Å². The molecule has 3 aliphatic carbocycles. The Morgan fingerprint density at radius 1 is 0.773 bits per heavy atom. The predicted octanol–water partition coefficient (Wildman–Crippen LogP) is 2.72. The summed E-state index contributed by atoms with van der Waals surface area (Å²) in [5.41, 5.74) is 0. The van der Waals surface area contributed by atoms with Crippen molar-refractivity contribution in [2.75, 3.05) is 0 Å². The molecule has 1 heterocycles. The van der Waals surface area contributed by atoms with Crippen molar-refractivity contribution in [3.63, 3.8) is 0 Å². The fourth-order valence-electron chi connectivity index (χ4n) is 3.62. The molecule has 0 unspecified atom stereocenters. The molecule has 0 aromatic carbocycles. The van der Waals surface area contributed by atoms with Crippen LogP contribution in [-0.2, 0) is 24.3 Å². The molecule has 1 aliphatic heterocycles. The summed E-state index contributed by atoms with van der Waals surface area (Å²) >= 11 is 0. The molecule has 124 valence electrons. The zero-order chi connectivity index (χ0) is 15.0. The lowest BCUT2D eigenvalue weighted by atomic mass is 9.84. The number of rotatable bonds is 2. The van der Waals surface area contributed by atoms with Gasteiger partial charge in [0.25, 0.3) is 0 Å². The fourth-order valence-corrected chi connectivity index (χ4v) is 3.62. The Bertz CT molecular complexity index is 410. The van der Waals surface area contributed by atoms with Crippen molar-refractivity contribution in [1.29, 1.82) is 0 Å². The third-order valence-electron chi connectivity index (χ3n) is 5.35. The molecule has 4 rings (SSSR count).